The SMILES string of the molecule is CC(=O)Oc1cccc2ccc(/C=C/c3cc4c(cc3Br)OCO4)nc12. The first kappa shape index (κ1) is 16.6. The van der Waals surface area contributed by atoms with E-state index in [-0.39, 0.29) is 12.8 Å². The number of nitrogens with zero attached hydrogens (tertiary/aromatic N) is 1. The van der Waals surface area contributed by atoms with Crippen LogP contribution in [0, 0.1) is 0 Å². The molecule has 0 fully saturated rings. The molecule has 4 rings (SSSR count). The van der Waals surface area contributed by atoms with E-state index in [2.05, 4.69) is 20.9 Å². The highest BCUT2D eigenvalue weighted by Crippen LogP contribution is 2.37. The Hall–Kier alpha value is -2.86. The highest BCUT2D eigenvalue weighted by Gasteiger charge is 2.15. The summed E-state index contributed by atoms with van der Waals surface area (Å²) < 4.78 is 16.9. The Morgan fingerprint density at radius 2 is 1.96 bits per heavy atom. The molecule has 1 aromatic heterocycles. The normalized spacial score (nSPS) is 12.7. The summed E-state index contributed by atoms with van der Waals surface area (Å²) in [6, 6.07) is 13.2. The van der Waals surface area contributed by atoms with Gasteiger partial charge in [0, 0.05) is 16.8 Å². The van der Waals surface area contributed by atoms with Gasteiger partial charge in [0.15, 0.2) is 17.2 Å². The third kappa shape index (κ3) is 3.28. The molecule has 3 aromatic rings. The van der Waals surface area contributed by atoms with E-state index in [1.54, 1.807) is 6.07 Å². The van der Waals surface area contributed by atoms with Gasteiger partial charge in [-0.05, 0) is 35.9 Å². The molecule has 5 nitrogen and oxygen atoms in total. The molecule has 0 amide bonds. The molecule has 0 aliphatic carbocycles. The van der Waals surface area contributed by atoms with E-state index in [9.17, 15) is 4.79 Å². The van der Waals surface area contributed by atoms with Gasteiger partial charge in [-0.3, -0.25) is 4.79 Å². The zero-order valence-electron chi connectivity index (χ0n) is 13.9. The lowest BCUT2D eigenvalue weighted by atomic mass is 10.1. The topological polar surface area (TPSA) is 57.7 Å². The van der Waals surface area contributed by atoms with Crippen molar-refractivity contribution in [2.75, 3.05) is 6.79 Å². The summed E-state index contributed by atoms with van der Waals surface area (Å²) in [7, 11) is 0. The third-order valence-corrected chi connectivity index (χ3v) is 4.57. The Morgan fingerprint density at radius 3 is 2.77 bits per heavy atom. The molecule has 0 bridgehead atoms. The predicted molar refractivity (Wildman–Crippen MR) is 102 cm³/mol. The maximum absolute atomic E-state index is 11.3. The number of rotatable bonds is 3. The first-order chi connectivity index (χ1) is 12.6. The zero-order chi connectivity index (χ0) is 18.1. The molecule has 0 atom stereocenters. The van der Waals surface area contributed by atoms with Crippen molar-refractivity contribution in [2.24, 2.45) is 0 Å². The highest BCUT2D eigenvalue weighted by atomic mass is 79.9. The van der Waals surface area contributed by atoms with Crippen LogP contribution in [-0.2, 0) is 4.79 Å². The van der Waals surface area contributed by atoms with Gasteiger partial charge in [0.05, 0.1) is 5.69 Å². The van der Waals surface area contributed by atoms with E-state index in [4.69, 9.17) is 14.2 Å². The third-order valence-electron chi connectivity index (χ3n) is 3.88. The molecule has 2 aromatic carbocycles. The van der Waals surface area contributed by atoms with Gasteiger partial charge >= 0.3 is 5.97 Å². The van der Waals surface area contributed by atoms with Gasteiger partial charge in [0.25, 0.3) is 0 Å². The second-order valence-corrected chi connectivity index (χ2v) is 6.57. The predicted octanol–water partition coefficient (Wildman–Crippen LogP) is 4.82. The van der Waals surface area contributed by atoms with Gasteiger partial charge in [0.1, 0.15) is 5.52 Å². The second-order valence-electron chi connectivity index (χ2n) is 5.72. The van der Waals surface area contributed by atoms with Crippen molar-refractivity contribution >= 4 is 45.0 Å². The summed E-state index contributed by atoms with van der Waals surface area (Å²) in [6.45, 7) is 1.61. The number of hydrogen-bond donors (Lipinski definition) is 0. The summed E-state index contributed by atoms with van der Waals surface area (Å²) in [5.74, 6) is 1.53. The fourth-order valence-corrected chi connectivity index (χ4v) is 3.16. The molecular formula is C20H14BrNO4. The molecule has 0 radical (unpaired) electrons. The van der Waals surface area contributed by atoms with Gasteiger partial charge < -0.3 is 14.2 Å². The van der Waals surface area contributed by atoms with Gasteiger partial charge in [-0.15, -0.1) is 0 Å². The van der Waals surface area contributed by atoms with Crippen LogP contribution in [0.3, 0.4) is 0 Å². The summed E-state index contributed by atoms with van der Waals surface area (Å²) in [4.78, 5) is 15.9. The maximum atomic E-state index is 11.3. The molecule has 0 spiro atoms. The molecular weight excluding hydrogens is 398 g/mol. The summed E-state index contributed by atoms with van der Waals surface area (Å²) in [6.07, 6.45) is 3.83. The van der Waals surface area contributed by atoms with Crippen molar-refractivity contribution in [3.05, 3.63) is 58.2 Å². The van der Waals surface area contributed by atoms with E-state index in [0.717, 1.165) is 32.6 Å². The van der Waals surface area contributed by atoms with Crippen LogP contribution < -0.4 is 14.2 Å². The van der Waals surface area contributed by atoms with Gasteiger partial charge in [-0.25, -0.2) is 4.98 Å². The lowest BCUT2D eigenvalue weighted by Gasteiger charge is -2.06. The first-order valence-corrected chi connectivity index (χ1v) is 8.75. The fourth-order valence-electron chi connectivity index (χ4n) is 2.70. The monoisotopic (exact) mass is 411 g/mol. The molecule has 26 heavy (non-hydrogen) atoms. The van der Waals surface area contributed by atoms with Crippen molar-refractivity contribution in [2.45, 2.75) is 6.92 Å². The number of aromatic nitrogens is 1. The van der Waals surface area contributed by atoms with Crippen LogP contribution in [0.5, 0.6) is 17.2 Å². The van der Waals surface area contributed by atoms with Crippen LogP contribution in [0.1, 0.15) is 18.2 Å². The number of para-hydroxylation sites is 1. The maximum Gasteiger partial charge on any atom is 0.308 e. The van der Waals surface area contributed by atoms with E-state index in [1.807, 2.05) is 48.6 Å². The van der Waals surface area contributed by atoms with Crippen molar-refractivity contribution in [1.82, 2.24) is 4.98 Å². The van der Waals surface area contributed by atoms with E-state index < -0.39 is 0 Å². The quantitative estimate of drug-likeness (QED) is 0.456. The number of benzene rings is 2. The Labute approximate surface area is 158 Å². The Bertz CT molecular complexity index is 1050. The highest BCUT2D eigenvalue weighted by molar-refractivity contribution is 9.10. The number of fused-ring (bicyclic) bond motifs is 2. The van der Waals surface area contributed by atoms with Crippen molar-refractivity contribution in [3.8, 4) is 17.2 Å². The van der Waals surface area contributed by atoms with Gasteiger partial charge in [-0.2, -0.15) is 0 Å². The largest absolute Gasteiger partial charge is 0.454 e. The summed E-state index contributed by atoms with van der Waals surface area (Å²) in [5, 5.41) is 0.908. The molecule has 6 heteroatoms. The van der Waals surface area contributed by atoms with Crippen molar-refractivity contribution in [1.29, 1.82) is 0 Å². The lowest BCUT2D eigenvalue weighted by molar-refractivity contribution is -0.131. The van der Waals surface area contributed by atoms with E-state index in [1.165, 1.54) is 6.92 Å². The van der Waals surface area contributed by atoms with Crippen LogP contribution in [0.25, 0.3) is 23.1 Å². The molecule has 2 heterocycles. The number of hydrogen-bond acceptors (Lipinski definition) is 5. The van der Waals surface area contributed by atoms with Crippen LogP contribution in [-0.4, -0.2) is 17.7 Å². The van der Waals surface area contributed by atoms with Crippen molar-refractivity contribution in [3.63, 3.8) is 0 Å². The minimum Gasteiger partial charge on any atom is -0.454 e. The minimum atomic E-state index is -0.371. The Balaban J connectivity index is 1.69. The number of carbonyl (C=O) groups is 1. The summed E-state index contributed by atoms with van der Waals surface area (Å²) >= 11 is 3.54. The molecule has 1 aliphatic rings. The lowest BCUT2D eigenvalue weighted by Crippen LogP contribution is -2.02. The molecule has 0 saturated heterocycles. The smallest absolute Gasteiger partial charge is 0.308 e. The average molecular weight is 412 g/mol. The number of carbonyl (C=O) groups excluding carboxylic acids is 1. The zero-order valence-corrected chi connectivity index (χ0v) is 15.4. The van der Waals surface area contributed by atoms with Crippen LogP contribution in [0.2, 0.25) is 0 Å². The van der Waals surface area contributed by atoms with Crippen LogP contribution in [0.4, 0.5) is 0 Å². The van der Waals surface area contributed by atoms with E-state index in [0.29, 0.717) is 11.3 Å². The molecule has 130 valence electrons. The fraction of sp³-hybridized carbons (Fsp3) is 0.100. The van der Waals surface area contributed by atoms with Gasteiger partial charge in [0.2, 0.25) is 6.79 Å². The van der Waals surface area contributed by atoms with Crippen LogP contribution >= 0.6 is 15.9 Å². The standard InChI is InChI=1S/C20H14BrNO4/c1-12(23)26-17-4-2-3-13-5-7-15(22-20(13)17)8-6-14-9-18-19(10-16(14)21)25-11-24-18/h2-10H,11H2,1H3/b8-6+. The molecule has 0 N–H and O–H groups in total. The van der Waals surface area contributed by atoms with Crippen LogP contribution in [0.15, 0.2) is 46.9 Å². The summed E-state index contributed by atoms with van der Waals surface area (Å²) in [5.41, 5.74) is 2.35. The Morgan fingerprint density at radius 1 is 1.15 bits per heavy atom. The molecule has 1 aliphatic heterocycles. The second kappa shape index (κ2) is 6.80. The number of ether oxygens (including phenoxy) is 3. The van der Waals surface area contributed by atoms with E-state index >= 15 is 0 Å². The molecule has 0 unspecified atom stereocenters. The molecule has 0 saturated carbocycles. The first-order valence-electron chi connectivity index (χ1n) is 7.95. The van der Waals surface area contributed by atoms with Gasteiger partial charge in [-0.1, -0.05) is 40.2 Å². The number of pyridine rings is 1. The number of esters is 1. The Kier molecular flexibility index (Phi) is 4.34. The number of halogens is 1. The van der Waals surface area contributed by atoms with Crippen molar-refractivity contribution < 1.29 is 19.0 Å². The minimum absolute atomic E-state index is 0.236. The average Bonchev–Trinajstić information content (AvgIpc) is 3.06.